The lowest BCUT2D eigenvalue weighted by Crippen LogP contribution is -2.39. The van der Waals surface area contributed by atoms with Crippen molar-refractivity contribution < 1.29 is 14.1 Å². The molecule has 0 aliphatic carbocycles. The Morgan fingerprint density at radius 1 is 1.29 bits per heavy atom. The number of aromatic nitrogens is 2. The molecule has 1 saturated heterocycles. The van der Waals surface area contributed by atoms with Crippen LogP contribution in [0.15, 0.2) is 35.0 Å². The summed E-state index contributed by atoms with van der Waals surface area (Å²) in [6.07, 6.45) is 2.49. The fraction of sp³-hybridized carbons (Fsp3) is 0.200. The predicted octanol–water partition coefficient (Wildman–Crippen LogP) is 1.90. The molecular weight excluding hydrogens is 270 g/mol. The number of rotatable bonds is 1. The van der Waals surface area contributed by atoms with E-state index in [0.717, 1.165) is 16.3 Å². The summed E-state index contributed by atoms with van der Waals surface area (Å²) < 4.78 is 5.33. The van der Waals surface area contributed by atoms with E-state index < -0.39 is 5.92 Å². The first-order valence-corrected chi connectivity index (χ1v) is 6.70. The van der Waals surface area contributed by atoms with Gasteiger partial charge in [-0.05, 0) is 18.6 Å². The summed E-state index contributed by atoms with van der Waals surface area (Å²) in [5.41, 5.74) is 2.00. The smallest absolute Gasteiger partial charge is 0.235 e. The average molecular weight is 281 g/mol. The van der Waals surface area contributed by atoms with E-state index in [1.807, 2.05) is 24.3 Å². The Labute approximate surface area is 119 Å². The summed E-state index contributed by atoms with van der Waals surface area (Å²) in [6.45, 7) is 0. The molecule has 0 spiro atoms. The number of imide groups is 1. The Hall–Kier alpha value is -2.76. The van der Waals surface area contributed by atoms with Crippen molar-refractivity contribution >= 4 is 33.7 Å². The molecule has 6 heteroatoms. The minimum absolute atomic E-state index is 0.237. The summed E-state index contributed by atoms with van der Waals surface area (Å²) in [7, 11) is 0. The molecule has 2 aromatic heterocycles. The number of carbonyl (C=O) groups excluding carboxylic acids is 2. The van der Waals surface area contributed by atoms with E-state index in [9.17, 15) is 9.59 Å². The number of pyridine rings is 1. The van der Waals surface area contributed by atoms with Crippen molar-refractivity contribution in [1.82, 2.24) is 15.5 Å². The lowest BCUT2D eigenvalue weighted by atomic mass is 9.92. The van der Waals surface area contributed by atoms with E-state index in [4.69, 9.17) is 4.52 Å². The van der Waals surface area contributed by atoms with Gasteiger partial charge in [0.15, 0.2) is 5.58 Å². The maximum atomic E-state index is 12.0. The molecule has 3 heterocycles. The third-order valence-electron chi connectivity index (χ3n) is 3.79. The standard InChI is InChI=1S/C15H11N3O3/c19-13-4-3-9(15(20)17-13)14-10-6-8-2-1-5-16-11(8)7-12(10)21-18-14/h1-2,5-7,9H,3-4H2,(H,17,19,20)/t9-/m1/s1. The van der Waals surface area contributed by atoms with Crippen molar-refractivity contribution in [1.29, 1.82) is 0 Å². The van der Waals surface area contributed by atoms with Crippen LogP contribution in [0.4, 0.5) is 0 Å². The zero-order chi connectivity index (χ0) is 14.4. The van der Waals surface area contributed by atoms with Gasteiger partial charge in [-0.3, -0.25) is 19.9 Å². The van der Waals surface area contributed by atoms with Crippen molar-refractivity contribution in [3.63, 3.8) is 0 Å². The Balaban J connectivity index is 1.87. The van der Waals surface area contributed by atoms with Gasteiger partial charge >= 0.3 is 0 Å². The van der Waals surface area contributed by atoms with Crippen molar-refractivity contribution in [2.45, 2.75) is 18.8 Å². The van der Waals surface area contributed by atoms with Crippen LogP contribution in [-0.4, -0.2) is 22.0 Å². The molecule has 2 amide bonds. The average Bonchev–Trinajstić information content (AvgIpc) is 2.88. The fourth-order valence-corrected chi connectivity index (χ4v) is 2.73. The third-order valence-corrected chi connectivity index (χ3v) is 3.79. The second-order valence-corrected chi connectivity index (χ2v) is 5.12. The molecule has 1 aliphatic rings. The molecule has 1 atom stereocenters. The van der Waals surface area contributed by atoms with Gasteiger partial charge in [0.05, 0.1) is 11.4 Å². The molecule has 1 fully saturated rings. The van der Waals surface area contributed by atoms with Crippen LogP contribution in [0.1, 0.15) is 24.5 Å². The topological polar surface area (TPSA) is 85.1 Å². The third kappa shape index (κ3) is 1.87. The normalized spacial score (nSPS) is 19.1. The monoisotopic (exact) mass is 281 g/mol. The molecule has 0 saturated carbocycles. The second kappa shape index (κ2) is 4.37. The van der Waals surface area contributed by atoms with Gasteiger partial charge in [0.25, 0.3) is 0 Å². The van der Waals surface area contributed by atoms with Crippen LogP contribution in [0.25, 0.3) is 21.9 Å². The van der Waals surface area contributed by atoms with E-state index in [1.165, 1.54) is 0 Å². The van der Waals surface area contributed by atoms with Crippen molar-refractivity contribution in [3.8, 4) is 0 Å². The number of amides is 2. The van der Waals surface area contributed by atoms with Gasteiger partial charge in [-0.1, -0.05) is 11.2 Å². The predicted molar refractivity (Wildman–Crippen MR) is 74.4 cm³/mol. The highest BCUT2D eigenvalue weighted by atomic mass is 16.5. The van der Waals surface area contributed by atoms with Crippen LogP contribution >= 0.6 is 0 Å². The fourth-order valence-electron chi connectivity index (χ4n) is 2.73. The molecule has 1 N–H and O–H groups in total. The lowest BCUT2D eigenvalue weighted by Gasteiger charge is -2.18. The molecule has 104 valence electrons. The van der Waals surface area contributed by atoms with Gasteiger partial charge < -0.3 is 4.52 Å². The van der Waals surface area contributed by atoms with E-state index in [2.05, 4.69) is 15.5 Å². The summed E-state index contributed by atoms with van der Waals surface area (Å²) >= 11 is 0. The molecule has 0 unspecified atom stereocenters. The highest BCUT2D eigenvalue weighted by Gasteiger charge is 2.31. The SMILES string of the molecule is O=C1CC[C@H](c2noc3cc4ncccc4cc23)C(=O)N1. The minimum Gasteiger partial charge on any atom is -0.356 e. The van der Waals surface area contributed by atoms with Gasteiger partial charge in [-0.25, -0.2) is 0 Å². The molecular formula is C15H11N3O3. The highest BCUT2D eigenvalue weighted by Crippen LogP contribution is 2.32. The van der Waals surface area contributed by atoms with Gasteiger partial charge in [0, 0.05) is 29.5 Å². The molecule has 0 radical (unpaired) electrons. The minimum atomic E-state index is -0.446. The molecule has 6 nitrogen and oxygen atoms in total. The maximum Gasteiger partial charge on any atom is 0.235 e. The Morgan fingerprint density at radius 2 is 2.19 bits per heavy atom. The van der Waals surface area contributed by atoms with Crippen molar-refractivity contribution in [3.05, 3.63) is 36.2 Å². The van der Waals surface area contributed by atoms with E-state index in [1.54, 1.807) is 6.20 Å². The zero-order valence-electron chi connectivity index (χ0n) is 11.0. The largest absolute Gasteiger partial charge is 0.356 e. The molecule has 21 heavy (non-hydrogen) atoms. The Bertz CT molecular complexity index is 884. The first-order chi connectivity index (χ1) is 10.2. The summed E-state index contributed by atoms with van der Waals surface area (Å²) in [5, 5.41) is 8.15. The quantitative estimate of drug-likeness (QED) is 0.688. The lowest BCUT2D eigenvalue weighted by molar-refractivity contribution is -0.134. The number of fused-ring (bicyclic) bond motifs is 2. The summed E-state index contributed by atoms with van der Waals surface area (Å²) in [6, 6.07) is 7.54. The summed E-state index contributed by atoms with van der Waals surface area (Å²) in [4.78, 5) is 27.5. The van der Waals surface area contributed by atoms with Gasteiger partial charge in [0.2, 0.25) is 11.8 Å². The van der Waals surface area contributed by atoms with Crippen LogP contribution in [0, 0.1) is 0 Å². The van der Waals surface area contributed by atoms with E-state index >= 15 is 0 Å². The first-order valence-electron chi connectivity index (χ1n) is 6.70. The van der Waals surface area contributed by atoms with Crippen LogP contribution in [0.5, 0.6) is 0 Å². The Kier molecular flexibility index (Phi) is 2.50. The van der Waals surface area contributed by atoms with E-state index in [0.29, 0.717) is 24.1 Å². The highest BCUT2D eigenvalue weighted by molar-refractivity contribution is 6.03. The number of hydrogen-bond donors (Lipinski definition) is 1. The molecule has 1 aromatic carbocycles. The van der Waals surface area contributed by atoms with Gasteiger partial charge in [0.1, 0.15) is 5.69 Å². The molecule has 4 rings (SSSR count). The maximum absolute atomic E-state index is 12.0. The van der Waals surface area contributed by atoms with Crippen molar-refractivity contribution in [2.24, 2.45) is 0 Å². The van der Waals surface area contributed by atoms with Crippen LogP contribution in [-0.2, 0) is 9.59 Å². The van der Waals surface area contributed by atoms with Crippen LogP contribution in [0.2, 0.25) is 0 Å². The number of nitrogens with one attached hydrogen (secondary N) is 1. The van der Waals surface area contributed by atoms with E-state index in [-0.39, 0.29) is 11.8 Å². The number of piperidine rings is 1. The van der Waals surface area contributed by atoms with Crippen molar-refractivity contribution in [2.75, 3.05) is 0 Å². The number of benzene rings is 1. The molecule has 0 bridgehead atoms. The number of nitrogens with zero attached hydrogens (tertiary/aromatic N) is 2. The molecule has 1 aliphatic heterocycles. The van der Waals surface area contributed by atoms with Crippen LogP contribution < -0.4 is 5.32 Å². The summed E-state index contributed by atoms with van der Waals surface area (Å²) in [5.74, 6) is -0.996. The van der Waals surface area contributed by atoms with Gasteiger partial charge in [-0.2, -0.15) is 0 Å². The Morgan fingerprint density at radius 3 is 3.05 bits per heavy atom. The second-order valence-electron chi connectivity index (χ2n) is 5.12. The molecule has 3 aromatic rings. The number of carbonyl (C=O) groups is 2. The van der Waals surface area contributed by atoms with Crippen LogP contribution in [0.3, 0.4) is 0 Å². The number of hydrogen-bond acceptors (Lipinski definition) is 5. The first kappa shape index (κ1) is 12.0. The zero-order valence-corrected chi connectivity index (χ0v) is 11.0. The van der Waals surface area contributed by atoms with Gasteiger partial charge in [-0.15, -0.1) is 0 Å².